The fourth-order valence-electron chi connectivity index (χ4n) is 3.67. The standard InChI is InChI=1S/C25H26N4O4/c1-6-32-25(31)18(5)33-21-8-7-13-28-23(21)26-17(4)22(24(28)30)20-14-16(3)29(27-20)19-11-9-15(2)10-12-19/h7-14,18H,6H2,1-5H3. The molecule has 1 aromatic carbocycles. The van der Waals surface area contributed by atoms with E-state index in [0.717, 1.165) is 16.9 Å². The van der Waals surface area contributed by atoms with Gasteiger partial charge in [-0.1, -0.05) is 17.7 Å². The zero-order chi connectivity index (χ0) is 23.7. The van der Waals surface area contributed by atoms with E-state index in [0.29, 0.717) is 28.3 Å². The van der Waals surface area contributed by atoms with Crippen LogP contribution in [0.15, 0.2) is 53.5 Å². The maximum absolute atomic E-state index is 13.5. The number of fused-ring (bicyclic) bond motifs is 1. The molecule has 0 saturated heterocycles. The molecule has 1 unspecified atom stereocenters. The summed E-state index contributed by atoms with van der Waals surface area (Å²) in [5, 5.41) is 4.69. The van der Waals surface area contributed by atoms with E-state index in [1.807, 2.05) is 48.9 Å². The molecule has 4 rings (SSSR count). The summed E-state index contributed by atoms with van der Waals surface area (Å²) in [5.74, 6) is -0.154. The van der Waals surface area contributed by atoms with Crippen LogP contribution in [0.1, 0.15) is 30.8 Å². The highest BCUT2D eigenvalue weighted by molar-refractivity contribution is 5.75. The van der Waals surface area contributed by atoms with Crippen LogP contribution in [0.3, 0.4) is 0 Å². The van der Waals surface area contributed by atoms with E-state index in [1.54, 1.807) is 39.1 Å². The molecule has 0 amide bonds. The molecule has 3 aromatic heterocycles. The Morgan fingerprint density at radius 3 is 2.55 bits per heavy atom. The number of carbonyl (C=O) groups excluding carboxylic acids is 1. The quantitative estimate of drug-likeness (QED) is 0.419. The van der Waals surface area contributed by atoms with E-state index < -0.39 is 12.1 Å². The monoisotopic (exact) mass is 446 g/mol. The van der Waals surface area contributed by atoms with Crippen LogP contribution in [0, 0.1) is 20.8 Å². The van der Waals surface area contributed by atoms with Gasteiger partial charge in [0.25, 0.3) is 5.56 Å². The number of nitrogens with zero attached hydrogens (tertiary/aromatic N) is 4. The first-order chi connectivity index (χ1) is 15.8. The molecule has 0 aliphatic carbocycles. The first-order valence-electron chi connectivity index (χ1n) is 10.8. The van der Waals surface area contributed by atoms with Crippen LogP contribution >= 0.6 is 0 Å². The lowest BCUT2D eigenvalue weighted by molar-refractivity contribution is -0.150. The SMILES string of the molecule is CCOC(=O)C(C)Oc1cccn2c(=O)c(-c3cc(C)n(-c4ccc(C)cc4)n3)c(C)nc12. The Morgan fingerprint density at radius 2 is 1.85 bits per heavy atom. The molecule has 0 saturated carbocycles. The fourth-order valence-corrected chi connectivity index (χ4v) is 3.67. The maximum Gasteiger partial charge on any atom is 0.347 e. The Bertz CT molecular complexity index is 1390. The summed E-state index contributed by atoms with van der Waals surface area (Å²) in [5.41, 5.74) is 4.52. The molecular formula is C25H26N4O4. The van der Waals surface area contributed by atoms with E-state index in [1.165, 1.54) is 4.40 Å². The van der Waals surface area contributed by atoms with Crippen LogP contribution in [-0.2, 0) is 9.53 Å². The van der Waals surface area contributed by atoms with Crippen LogP contribution < -0.4 is 10.3 Å². The summed E-state index contributed by atoms with van der Waals surface area (Å²) in [6.45, 7) is 9.33. The Balaban J connectivity index is 1.78. The van der Waals surface area contributed by atoms with Crippen molar-refractivity contribution >= 4 is 11.6 Å². The van der Waals surface area contributed by atoms with E-state index >= 15 is 0 Å². The van der Waals surface area contributed by atoms with Gasteiger partial charge in [-0.15, -0.1) is 0 Å². The van der Waals surface area contributed by atoms with Crippen molar-refractivity contribution in [1.29, 1.82) is 0 Å². The van der Waals surface area contributed by atoms with Gasteiger partial charge in [0.05, 0.1) is 23.6 Å². The molecule has 170 valence electrons. The van der Waals surface area contributed by atoms with Gasteiger partial charge in [0.2, 0.25) is 0 Å². The average Bonchev–Trinajstić information content (AvgIpc) is 3.16. The van der Waals surface area contributed by atoms with Gasteiger partial charge in [-0.3, -0.25) is 9.20 Å². The van der Waals surface area contributed by atoms with E-state index in [-0.39, 0.29) is 12.2 Å². The molecule has 0 radical (unpaired) electrons. The number of ether oxygens (including phenoxy) is 2. The van der Waals surface area contributed by atoms with Gasteiger partial charge in [-0.2, -0.15) is 5.10 Å². The number of aryl methyl sites for hydroxylation is 3. The second kappa shape index (κ2) is 8.90. The second-order valence-corrected chi connectivity index (χ2v) is 7.87. The molecule has 33 heavy (non-hydrogen) atoms. The zero-order valence-corrected chi connectivity index (χ0v) is 19.3. The zero-order valence-electron chi connectivity index (χ0n) is 19.3. The van der Waals surface area contributed by atoms with Crippen LogP contribution in [0.25, 0.3) is 22.6 Å². The molecular weight excluding hydrogens is 420 g/mol. The Kier molecular flexibility index (Phi) is 6.00. The second-order valence-electron chi connectivity index (χ2n) is 7.87. The Morgan fingerprint density at radius 1 is 1.12 bits per heavy atom. The number of benzene rings is 1. The predicted molar refractivity (Wildman–Crippen MR) is 125 cm³/mol. The minimum atomic E-state index is -0.833. The molecule has 1 atom stereocenters. The number of hydrogen-bond donors (Lipinski definition) is 0. The average molecular weight is 447 g/mol. The van der Waals surface area contributed by atoms with Crippen molar-refractivity contribution in [1.82, 2.24) is 19.2 Å². The van der Waals surface area contributed by atoms with Gasteiger partial charge in [-0.25, -0.2) is 14.5 Å². The van der Waals surface area contributed by atoms with Crippen LogP contribution in [0.5, 0.6) is 5.75 Å². The van der Waals surface area contributed by atoms with Crippen LogP contribution in [0.4, 0.5) is 0 Å². The first-order valence-corrected chi connectivity index (χ1v) is 10.8. The highest BCUT2D eigenvalue weighted by Gasteiger charge is 2.21. The van der Waals surface area contributed by atoms with E-state index in [4.69, 9.17) is 14.6 Å². The molecule has 0 spiro atoms. The van der Waals surface area contributed by atoms with Gasteiger partial charge < -0.3 is 9.47 Å². The van der Waals surface area contributed by atoms with E-state index in [2.05, 4.69) is 4.98 Å². The van der Waals surface area contributed by atoms with Gasteiger partial charge in [-0.05, 0) is 65.0 Å². The molecule has 8 nitrogen and oxygen atoms in total. The third-order valence-corrected chi connectivity index (χ3v) is 5.34. The molecule has 0 N–H and O–H groups in total. The first kappa shape index (κ1) is 22.3. The van der Waals surface area contributed by atoms with Crippen molar-refractivity contribution < 1.29 is 14.3 Å². The van der Waals surface area contributed by atoms with Gasteiger partial charge in [0.1, 0.15) is 5.69 Å². The normalized spacial score (nSPS) is 12.0. The number of hydrogen-bond acceptors (Lipinski definition) is 6. The summed E-state index contributed by atoms with van der Waals surface area (Å²) in [6, 6.07) is 13.3. The van der Waals surface area contributed by atoms with Crippen molar-refractivity contribution in [3.8, 4) is 22.7 Å². The lowest BCUT2D eigenvalue weighted by Crippen LogP contribution is -2.27. The number of rotatable bonds is 6. The van der Waals surface area contributed by atoms with Gasteiger partial charge in [0, 0.05) is 11.9 Å². The summed E-state index contributed by atoms with van der Waals surface area (Å²) < 4.78 is 14.0. The molecule has 4 aromatic rings. The predicted octanol–water partition coefficient (Wildman–Crippen LogP) is 3.80. The molecule has 0 aliphatic rings. The number of pyridine rings is 1. The van der Waals surface area contributed by atoms with E-state index in [9.17, 15) is 9.59 Å². The topological polar surface area (TPSA) is 87.7 Å². The summed E-state index contributed by atoms with van der Waals surface area (Å²) >= 11 is 0. The highest BCUT2D eigenvalue weighted by Crippen LogP contribution is 2.24. The largest absolute Gasteiger partial charge is 0.475 e. The van der Waals surface area contributed by atoms with Crippen molar-refractivity contribution in [2.45, 2.75) is 40.7 Å². The number of aromatic nitrogens is 4. The van der Waals surface area contributed by atoms with Crippen LogP contribution in [-0.4, -0.2) is 37.8 Å². The van der Waals surface area contributed by atoms with Crippen molar-refractivity contribution in [2.24, 2.45) is 0 Å². The van der Waals surface area contributed by atoms with Crippen LogP contribution in [0.2, 0.25) is 0 Å². The molecule has 0 aliphatic heterocycles. The smallest absolute Gasteiger partial charge is 0.347 e. The lowest BCUT2D eigenvalue weighted by atomic mass is 10.1. The third-order valence-electron chi connectivity index (χ3n) is 5.34. The minimum absolute atomic E-state index is 0.261. The molecule has 8 heteroatoms. The summed E-state index contributed by atoms with van der Waals surface area (Å²) in [7, 11) is 0. The molecule has 3 heterocycles. The number of esters is 1. The number of carbonyl (C=O) groups is 1. The molecule has 0 fully saturated rings. The highest BCUT2D eigenvalue weighted by atomic mass is 16.6. The maximum atomic E-state index is 13.5. The Hall–Kier alpha value is -3.94. The minimum Gasteiger partial charge on any atom is -0.475 e. The Labute approximate surface area is 191 Å². The summed E-state index contributed by atoms with van der Waals surface area (Å²) in [6.07, 6.45) is 0.792. The fraction of sp³-hybridized carbons (Fsp3) is 0.280. The lowest BCUT2D eigenvalue weighted by Gasteiger charge is -2.15. The van der Waals surface area contributed by atoms with Gasteiger partial charge in [0.15, 0.2) is 17.5 Å². The third kappa shape index (κ3) is 4.24. The van der Waals surface area contributed by atoms with Crippen molar-refractivity contribution in [2.75, 3.05) is 6.61 Å². The van der Waals surface area contributed by atoms with Gasteiger partial charge >= 0.3 is 5.97 Å². The van der Waals surface area contributed by atoms with Crippen molar-refractivity contribution in [3.63, 3.8) is 0 Å². The molecule has 0 bridgehead atoms. The summed E-state index contributed by atoms with van der Waals surface area (Å²) in [4.78, 5) is 30.1. The van der Waals surface area contributed by atoms with Crippen molar-refractivity contribution in [3.05, 3.63) is 76.0 Å².